The van der Waals surface area contributed by atoms with Gasteiger partial charge in [0.15, 0.2) is 0 Å². The second-order valence-electron chi connectivity index (χ2n) is 4.29. The van der Waals surface area contributed by atoms with Crippen LogP contribution in [0.2, 0.25) is 10.0 Å². The van der Waals surface area contributed by atoms with Crippen LogP contribution in [0.1, 0.15) is 22.7 Å². The van der Waals surface area contributed by atoms with Crippen LogP contribution in [0.5, 0.6) is 0 Å². The molecule has 0 fully saturated rings. The summed E-state index contributed by atoms with van der Waals surface area (Å²) in [5.41, 5.74) is 9.29. The van der Waals surface area contributed by atoms with Gasteiger partial charge in [0.25, 0.3) is 0 Å². The van der Waals surface area contributed by atoms with Crippen molar-refractivity contribution in [2.45, 2.75) is 19.4 Å². The SMILES string of the molecule is Cc1cc(C(N)Cc2ccncc2Cl)ccc1Cl. The number of rotatable bonds is 3. The third kappa shape index (κ3) is 3.02. The number of halogens is 2. The van der Waals surface area contributed by atoms with Crippen LogP contribution in [0, 0.1) is 6.92 Å². The zero-order chi connectivity index (χ0) is 13.1. The van der Waals surface area contributed by atoms with E-state index in [0.717, 1.165) is 21.7 Å². The Morgan fingerprint density at radius 3 is 2.67 bits per heavy atom. The summed E-state index contributed by atoms with van der Waals surface area (Å²) in [4.78, 5) is 3.96. The normalized spacial score (nSPS) is 12.4. The van der Waals surface area contributed by atoms with E-state index in [-0.39, 0.29) is 6.04 Å². The number of nitrogens with two attached hydrogens (primary N) is 1. The van der Waals surface area contributed by atoms with Crippen molar-refractivity contribution >= 4 is 23.2 Å². The van der Waals surface area contributed by atoms with Crippen molar-refractivity contribution < 1.29 is 0 Å². The number of pyridine rings is 1. The molecular weight excluding hydrogens is 267 g/mol. The van der Waals surface area contributed by atoms with Gasteiger partial charge in [0.05, 0.1) is 5.02 Å². The highest BCUT2D eigenvalue weighted by Crippen LogP contribution is 2.24. The molecule has 2 rings (SSSR count). The summed E-state index contributed by atoms with van der Waals surface area (Å²) in [6.07, 6.45) is 4.04. The first-order valence-electron chi connectivity index (χ1n) is 5.68. The van der Waals surface area contributed by atoms with E-state index in [1.165, 1.54) is 0 Å². The minimum Gasteiger partial charge on any atom is -0.324 e. The average Bonchev–Trinajstić information content (AvgIpc) is 2.35. The topological polar surface area (TPSA) is 38.9 Å². The molecule has 0 bridgehead atoms. The van der Waals surface area contributed by atoms with Gasteiger partial charge in [-0.15, -0.1) is 0 Å². The van der Waals surface area contributed by atoms with Crippen molar-refractivity contribution in [3.63, 3.8) is 0 Å². The standard InChI is InChI=1S/C14H14Cl2N2/c1-9-6-11(2-3-12(9)15)14(17)7-10-4-5-18-8-13(10)16/h2-6,8,14H,7,17H2,1H3. The first-order chi connectivity index (χ1) is 8.58. The lowest BCUT2D eigenvalue weighted by molar-refractivity contribution is 0.720. The van der Waals surface area contributed by atoms with Gasteiger partial charge in [-0.2, -0.15) is 0 Å². The molecule has 0 aliphatic rings. The molecule has 1 heterocycles. The molecule has 2 nitrogen and oxygen atoms in total. The van der Waals surface area contributed by atoms with Gasteiger partial charge in [-0.05, 0) is 42.2 Å². The van der Waals surface area contributed by atoms with Crippen LogP contribution in [-0.2, 0) is 6.42 Å². The average molecular weight is 281 g/mol. The first kappa shape index (κ1) is 13.3. The molecule has 0 saturated carbocycles. The highest BCUT2D eigenvalue weighted by Gasteiger charge is 2.10. The molecule has 1 atom stereocenters. The Balaban J connectivity index is 2.19. The molecule has 2 N–H and O–H groups in total. The van der Waals surface area contributed by atoms with Gasteiger partial charge >= 0.3 is 0 Å². The highest BCUT2D eigenvalue weighted by molar-refractivity contribution is 6.31. The Bertz CT molecular complexity index is 555. The summed E-state index contributed by atoms with van der Waals surface area (Å²) in [7, 11) is 0. The van der Waals surface area contributed by atoms with Crippen molar-refractivity contribution in [1.82, 2.24) is 4.98 Å². The van der Waals surface area contributed by atoms with Crippen LogP contribution in [0.15, 0.2) is 36.7 Å². The quantitative estimate of drug-likeness (QED) is 0.925. The number of hydrogen-bond acceptors (Lipinski definition) is 2. The summed E-state index contributed by atoms with van der Waals surface area (Å²) in [5, 5.41) is 1.41. The Morgan fingerprint density at radius 2 is 2.00 bits per heavy atom. The fourth-order valence-electron chi connectivity index (χ4n) is 1.82. The van der Waals surface area contributed by atoms with Crippen molar-refractivity contribution in [3.8, 4) is 0 Å². The van der Waals surface area contributed by atoms with Crippen molar-refractivity contribution in [3.05, 3.63) is 63.4 Å². The third-order valence-corrected chi connectivity index (χ3v) is 3.67. The van der Waals surface area contributed by atoms with Crippen molar-refractivity contribution in [2.24, 2.45) is 5.73 Å². The molecule has 1 aromatic heterocycles. The molecule has 4 heteroatoms. The van der Waals surface area contributed by atoms with Gasteiger partial charge in [-0.1, -0.05) is 35.3 Å². The third-order valence-electron chi connectivity index (χ3n) is 2.91. The second kappa shape index (κ2) is 5.70. The lowest BCUT2D eigenvalue weighted by Crippen LogP contribution is -2.13. The van der Waals surface area contributed by atoms with E-state index in [1.54, 1.807) is 12.4 Å². The van der Waals surface area contributed by atoms with Gasteiger partial charge in [-0.3, -0.25) is 4.98 Å². The van der Waals surface area contributed by atoms with E-state index >= 15 is 0 Å². The molecule has 0 aliphatic carbocycles. The maximum atomic E-state index is 6.19. The van der Waals surface area contributed by atoms with Gasteiger partial charge in [0.1, 0.15) is 0 Å². The number of benzene rings is 1. The van der Waals surface area contributed by atoms with E-state index in [9.17, 15) is 0 Å². The Hall–Kier alpha value is -1.09. The van der Waals surface area contributed by atoms with E-state index in [4.69, 9.17) is 28.9 Å². The predicted molar refractivity (Wildman–Crippen MR) is 76.1 cm³/mol. The summed E-state index contributed by atoms with van der Waals surface area (Å²) in [5.74, 6) is 0. The molecule has 2 aromatic rings. The van der Waals surface area contributed by atoms with E-state index in [1.807, 2.05) is 31.2 Å². The lowest BCUT2D eigenvalue weighted by atomic mass is 9.99. The van der Waals surface area contributed by atoms with Crippen molar-refractivity contribution in [1.29, 1.82) is 0 Å². The molecule has 1 aromatic carbocycles. The lowest BCUT2D eigenvalue weighted by Gasteiger charge is -2.14. The fourth-order valence-corrected chi connectivity index (χ4v) is 2.14. The molecule has 1 unspecified atom stereocenters. The number of nitrogens with zero attached hydrogens (tertiary/aromatic N) is 1. The molecule has 0 saturated heterocycles. The van der Waals surface area contributed by atoms with Crippen LogP contribution < -0.4 is 5.73 Å². The van der Waals surface area contributed by atoms with Crippen LogP contribution in [0.4, 0.5) is 0 Å². The van der Waals surface area contributed by atoms with E-state index in [0.29, 0.717) is 11.4 Å². The summed E-state index contributed by atoms with van der Waals surface area (Å²) in [6.45, 7) is 1.97. The monoisotopic (exact) mass is 280 g/mol. The Morgan fingerprint density at radius 1 is 1.22 bits per heavy atom. The molecule has 0 amide bonds. The highest BCUT2D eigenvalue weighted by atomic mass is 35.5. The molecule has 0 radical (unpaired) electrons. The smallest absolute Gasteiger partial charge is 0.0622 e. The number of aromatic nitrogens is 1. The van der Waals surface area contributed by atoms with Crippen LogP contribution in [0.25, 0.3) is 0 Å². The molecule has 94 valence electrons. The minimum atomic E-state index is -0.0964. The molecular formula is C14H14Cl2N2. The number of aryl methyl sites for hydroxylation is 1. The maximum absolute atomic E-state index is 6.19. The van der Waals surface area contributed by atoms with Crippen LogP contribution in [-0.4, -0.2) is 4.98 Å². The molecule has 0 aliphatic heterocycles. The van der Waals surface area contributed by atoms with Gasteiger partial charge < -0.3 is 5.73 Å². The van der Waals surface area contributed by atoms with Crippen LogP contribution in [0.3, 0.4) is 0 Å². The van der Waals surface area contributed by atoms with Crippen LogP contribution >= 0.6 is 23.2 Å². The van der Waals surface area contributed by atoms with Gasteiger partial charge in [-0.25, -0.2) is 0 Å². The summed E-state index contributed by atoms with van der Waals surface area (Å²) >= 11 is 12.1. The maximum Gasteiger partial charge on any atom is 0.0622 e. The second-order valence-corrected chi connectivity index (χ2v) is 5.10. The number of hydrogen-bond donors (Lipinski definition) is 1. The Kier molecular flexibility index (Phi) is 4.23. The summed E-state index contributed by atoms with van der Waals surface area (Å²) < 4.78 is 0. The van der Waals surface area contributed by atoms with Crippen molar-refractivity contribution in [2.75, 3.05) is 0 Å². The molecule has 0 spiro atoms. The zero-order valence-corrected chi connectivity index (χ0v) is 11.5. The van der Waals surface area contributed by atoms with E-state index in [2.05, 4.69) is 4.98 Å². The fraction of sp³-hybridized carbons (Fsp3) is 0.214. The van der Waals surface area contributed by atoms with Gasteiger partial charge in [0, 0.05) is 23.5 Å². The Labute approximate surface area is 117 Å². The first-order valence-corrected chi connectivity index (χ1v) is 6.43. The summed E-state index contributed by atoms with van der Waals surface area (Å²) in [6, 6.07) is 7.64. The zero-order valence-electron chi connectivity index (χ0n) is 10.0. The molecule has 18 heavy (non-hydrogen) atoms. The van der Waals surface area contributed by atoms with E-state index < -0.39 is 0 Å². The predicted octanol–water partition coefficient (Wildman–Crippen LogP) is 3.94. The minimum absolute atomic E-state index is 0.0964. The van der Waals surface area contributed by atoms with Gasteiger partial charge in [0.2, 0.25) is 0 Å². The largest absolute Gasteiger partial charge is 0.324 e.